The van der Waals surface area contributed by atoms with Crippen LogP contribution in [-0.4, -0.2) is 15.0 Å². The fraction of sp³-hybridized carbons (Fsp3) is 0.0400. The summed E-state index contributed by atoms with van der Waals surface area (Å²) >= 11 is 3.55. The third-order valence-corrected chi connectivity index (χ3v) is 5.79. The molecule has 5 aromatic rings. The minimum Gasteiger partial charge on any atom is -0.225 e. The third kappa shape index (κ3) is 2.88. The van der Waals surface area contributed by atoms with Crippen LogP contribution in [0.5, 0.6) is 0 Å². The van der Waals surface area contributed by atoms with Gasteiger partial charge in [-0.05, 0) is 34.9 Å². The Hall–Kier alpha value is -3.24. The molecule has 0 aliphatic carbocycles. The van der Waals surface area contributed by atoms with Gasteiger partial charge in [0.15, 0.2) is 0 Å². The maximum Gasteiger partial charge on any atom is 0.140 e. The van der Waals surface area contributed by atoms with E-state index in [1.807, 2.05) is 30.3 Å². The Morgan fingerprint density at radius 3 is 1.59 bits per heavy atom. The fourth-order valence-electron chi connectivity index (χ4n) is 4.05. The molecule has 5 rings (SSSR count). The molecular formula is C25H18BrN3. The predicted octanol–water partition coefficient (Wildman–Crippen LogP) is 6.03. The molecule has 0 unspecified atom stereocenters. The van der Waals surface area contributed by atoms with E-state index in [-0.39, 0.29) is 0 Å². The molecule has 0 saturated carbocycles. The van der Waals surface area contributed by atoms with Gasteiger partial charge in [-0.1, -0.05) is 112 Å². The second kappa shape index (κ2) is 7.30. The number of hydrogen-bond acceptors (Lipinski definition) is 2. The second-order valence-electron chi connectivity index (χ2n) is 6.94. The fourth-order valence-corrected chi connectivity index (χ4v) is 4.40. The van der Waals surface area contributed by atoms with Gasteiger partial charge in [-0.25, -0.2) is 4.68 Å². The summed E-state index contributed by atoms with van der Waals surface area (Å²) in [4.78, 5) is 0. The molecule has 0 saturated heterocycles. The van der Waals surface area contributed by atoms with E-state index in [1.54, 1.807) is 0 Å². The Morgan fingerprint density at radius 1 is 0.621 bits per heavy atom. The smallest absolute Gasteiger partial charge is 0.140 e. The van der Waals surface area contributed by atoms with Gasteiger partial charge < -0.3 is 0 Å². The summed E-state index contributed by atoms with van der Waals surface area (Å²) in [5.41, 5.74) is 4.58. The standard InChI is InChI=1S/C25H18BrN3/c26-22-16-17-24-23(18-22)27-28-29(24)25(19-10-4-1-5-11-19,20-12-6-2-7-13-20)21-14-8-3-9-15-21/h1-18H. The average molecular weight is 440 g/mol. The lowest BCUT2D eigenvalue weighted by molar-refractivity contribution is 0.461. The summed E-state index contributed by atoms with van der Waals surface area (Å²) in [6.07, 6.45) is 0. The molecular weight excluding hydrogens is 422 g/mol. The molecule has 0 aliphatic rings. The summed E-state index contributed by atoms with van der Waals surface area (Å²) in [6, 6.07) is 37.6. The molecule has 29 heavy (non-hydrogen) atoms. The van der Waals surface area contributed by atoms with Gasteiger partial charge in [-0.3, -0.25) is 0 Å². The van der Waals surface area contributed by atoms with Crippen LogP contribution in [0.4, 0.5) is 0 Å². The van der Waals surface area contributed by atoms with Crippen molar-refractivity contribution in [3.8, 4) is 0 Å². The van der Waals surface area contributed by atoms with Crippen LogP contribution < -0.4 is 0 Å². The zero-order chi connectivity index (χ0) is 19.7. The van der Waals surface area contributed by atoms with Crippen molar-refractivity contribution >= 4 is 27.0 Å². The van der Waals surface area contributed by atoms with E-state index in [9.17, 15) is 0 Å². The first-order chi connectivity index (χ1) is 14.3. The predicted molar refractivity (Wildman–Crippen MR) is 120 cm³/mol. The average Bonchev–Trinajstić information content (AvgIpc) is 3.20. The summed E-state index contributed by atoms with van der Waals surface area (Å²) in [6.45, 7) is 0. The molecule has 0 spiro atoms. The maximum absolute atomic E-state index is 4.68. The highest BCUT2D eigenvalue weighted by molar-refractivity contribution is 9.10. The number of rotatable bonds is 4. The molecule has 0 atom stereocenters. The van der Waals surface area contributed by atoms with E-state index < -0.39 is 5.54 Å². The Labute approximate surface area is 177 Å². The lowest BCUT2D eigenvalue weighted by Crippen LogP contribution is -2.38. The molecule has 0 fully saturated rings. The highest BCUT2D eigenvalue weighted by atomic mass is 79.9. The van der Waals surface area contributed by atoms with Crippen LogP contribution in [-0.2, 0) is 5.54 Å². The molecule has 0 radical (unpaired) electrons. The Morgan fingerprint density at radius 2 is 1.10 bits per heavy atom. The Kier molecular flexibility index (Phi) is 4.49. The third-order valence-electron chi connectivity index (χ3n) is 5.30. The second-order valence-corrected chi connectivity index (χ2v) is 7.86. The molecule has 4 aromatic carbocycles. The van der Waals surface area contributed by atoms with E-state index in [0.29, 0.717) is 0 Å². The summed E-state index contributed by atoms with van der Waals surface area (Å²) in [7, 11) is 0. The molecule has 4 heteroatoms. The molecule has 140 valence electrons. The van der Waals surface area contributed by atoms with Crippen LogP contribution in [0.3, 0.4) is 0 Å². The number of fused-ring (bicyclic) bond motifs is 1. The first kappa shape index (κ1) is 17.8. The number of halogens is 1. The lowest BCUT2D eigenvalue weighted by Gasteiger charge is -2.36. The van der Waals surface area contributed by atoms with Gasteiger partial charge in [-0.15, -0.1) is 5.10 Å². The van der Waals surface area contributed by atoms with Crippen LogP contribution >= 0.6 is 15.9 Å². The highest BCUT2D eigenvalue weighted by Gasteiger charge is 2.40. The van der Waals surface area contributed by atoms with Gasteiger partial charge in [0.2, 0.25) is 0 Å². The molecule has 1 heterocycles. The van der Waals surface area contributed by atoms with Gasteiger partial charge in [-0.2, -0.15) is 0 Å². The normalized spacial score (nSPS) is 11.6. The quantitative estimate of drug-likeness (QED) is 0.320. The summed E-state index contributed by atoms with van der Waals surface area (Å²) in [5, 5.41) is 9.19. The number of aromatic nitrogens is 3. The van der Waals surface area contributed by atoms with E-state index >= 15 is 0 Å². The molecule has 3 nitrogen and oxygen atoms in total. The number of hydrogen-bond donors (Lipinski definition) is 0. The first-order valence-electron chi connectivity index (χ1n) is 9.48. The molecule has 1 aromatic heterocycles. The van der Waals surface area contributed by atoms with Crippen LogP contribution in [0.25, 0.3) is 11.0 Å². The van der Waals surface area contributed by atoms with Crippen LogP contribution in [0, 0.1) is 0 Å². The number of benzene rings is 4. The minimum atomic E-state index is -0.646. The van der Waals surface area contributed by atoms with Crippen LogP contribution in [0.15, 0.2) is 114 Å². The largest absolute Gasteiger partial charge is 0.225 e. The van der Waals surface area contributed by atoms with E-state index in [2.05, 4.69) is 110 Å². The van der Waals surface area contributed by atoms with Crippen LogP contribution in [0.2, 0.25) is 0 Å². The minimum absolute atomic E-state index is 0.646. The van der Waals surface area contributed by atoms with Crippen molar-refractivity contribution in [1.82, 2.24) is 15.0 Å². The van der Waals surface area contributed by atoms with Crippen molar-refractivity contribution in [1.29, 1.82) is 0 Å². The molecule has 0 amide bonds. The zero-order valence-corrected chi connectivity index (χ0v) is 17.2. The Balaban J connectivity index is 1.95. The van der Waals surface area contributed by atoms with E-state index in [0.717, 1.165) is 32.2 Å². The topological polar surface area (TPSA) is 30.7 Å². The van der Waals surface area contributed by atoms with E-state index in [1.165, 1.54) is 0 Å². The van der Waals surface area contributed by atoms with E-state index in [4.69, 9.17) is 0 Å². The summed E-state index contributed by atoms with van der Waals surface area (Å²) in [5.74, 6) is 0. The monoisotopic (exact) mass is 439 g/mol. The van der Waals surface area contributed by atoms with Gasteiger partial charge in [0.05, 0.1) is 5.52 Å². The molecule has 0 aliphatic heterocycles. The van der Waals surface area contributed by atoms with Crippen molar-refractivity contribution in [2.75, 3.05) is 0 Å². The van der Waals surface area contributed by atoms with Gasteiger partial charge in [0.25, 0.3) is 0 Å². The molecule has 0 N–H and O–H groups in total. The van der Waals surface area contributed by atoms with Crippen LogP contribution in [0.1, 0.15) is 16.7 Å². The molecule has 0 bridgehead atoms. The van der Waals surface area contributed by atoms with Crippen molar-refractivity contribution in [2.24, 2.45) is 0 Å². The summed E-state index contributed by atoms with van der Waals surface area (Å²) < 4.78 is 3.04. The zero-order valence-electron chi connectivity index (χ0n) is 15.6. The van der Waals surface area contributed by atoms with Crippen molar-refractivity contribution in [3.05, 3.63) is 130 Å². The van der Waals surface area contributed by atoms with Gasteiger partial charge in [0.1, 0.15) is 11.1 Å². The SMILES string of the molecule is Brc1ccc2c(c1)nnn2C(c1ccccc1)(c1ccccc1)c1ccccc1. The van der Waals surface area contributed by atoms with Crippen molar-refractivity contribution in [2.45, 2.75) is 5.54 Å². The highest BCUT2D eigenvalue weighted by Crippen LogP contribution is 2.41. The van der Waals surface area contributed by atoms with Crippen molar-refractivity contribution < 1.29 is 0 Å². The van der Waals surface area contributed by atoms with Crippen molar-refractivity contribution in [3.63, 3.8) is 0 Å². The van der Waals surface area contributed by atoms with Gasteiger partial charge in [0, 0.05) is 4.47 Å². The van der Waals surface area contributed by atoms with Gasteiger partial charge >= 0.3 is 0 Å². The lowest BCUT2D eigenvalue weighted by atomic mass is 9.77. The number of nitrogens with zero attached hydrogens (tertiary/aromatic N) is 3. The first-order valence-corrected chi connectivity index (χ1v) is 10.3. The maximum atomic E-state index is 4.68. The Bertz CT molecular complexity index is 1150.